The van der Waals surface area contributed by atoms with E-state index >= 15 is 0 Å². The molecule has 2 aliphatic carbocycles. The fourth-order valence-electron chi connectivity index (χ4n) is 3.26. The van der Waals surface area contributed by atoms with Gasteiger partial charge in [0.25, 0.3) is 0 Å². The molecule has 0 N–H and O–H groups in total. The van der Waals surface area contributed by atoms with Gasteiger partial charge in [0.05, 0.1) is 12.7 Å². The maximum Gasteiger partial charge on any atom is 0.170 e. The predicted octanol–water partition coefficient (Wildman–Crippen LogP) is 3.69. The maximum absolute atomic E-state index is 12.5. The summed E-state index contributed by atoms with van der Waals surface area (Å²) in [6, 6.07) is 5.65. The Balaban J connectivity index is 1.88. The molecule has 0 spiro atoms. The second kappa shape index (κ2) is 4.13. The first kappa shape index (κ1) is 11.3. The number of ether oxygens (including phenoxy) is 1. The SMILES string of the molecule is COc1ccc(Br)cc1C(=O)C1C2CCCC21. The zero-order valence-corrected chi connectivity index (χ0v) is 11.4. The van der Waals surface area contributed by atoms with Crippen LogP contribution in [0.25, 0.3) is 0 Å². The van der Waals surface area contributed by atoms with Crippen LogP contribution in [0.2, 0.25) is 0 Å². The third-order valence-corrected chi connectivity index (χ3v) is 4.63. The second-order valence-corrected chi connectivity index (χ2v) is 5.91. The van der Waals surface area contributed by atoms with E-state index in [2.05, 4.69) is 15.9 Å². The van der Waals surface area contributed by atoms with Gasteiger partial charge < -0.3 is 4.74 Å². The minimum absolute atomic E-state index is 0.270. The van der Waals surface area contributed by atoms with Gasteiger partial charge in [-0.3, -0.25) is 4.79 Å². The highest BCUT2D eigenvalue weighted by atomic mass is 79.9. The Bertz CT molecular complexity index is 459. The molecule has 3 rings (SSSR count). The summed E-state index contributed by atoms with van der Waals surface area (Å²) in [4.78, 5) is 12.5. The van der Waals surface area contributed by atoms with Gasteiger partial charge in [-0.2, -0.15) is 0 Å². The van der Waals surface area contributed by atoms with Gasteiger partial charge >= 0.3 is 0 Å². The van der Waals surface area contributed by atoms with Gasteiger partial charge in [0, 0.05) is 10.4 Å². The molecule has 2 aliphatic rings. The lowest BCUT2D eigenvalue weighted by Gasteiger charge is -2.09. The van der Waals surface area contributed by atoms with Crippen molar-refractivity contribution in [2.24, 2.45) is 17.8 Å². The molecule has 0 aromatic heterocycles. The molecule has 1 aromatic rings. The summed E-state index contributed by atoms with van der Waals surface area (Å²) < 4.78 is 6.22. The fourth-order valence-corrected chi connectivity index (χ4v) is 3.62. The molecular formula is C14H15BrO2. The van der Waals surface area contributed by atoms with Gasteiger partial charge in [-0.15, -0.1) is 0 Å². The lowest BCUT2D eigenvalue weighted by Crippen LogP contribution is -2.08. The van der Waals surface area contributed by atoms with Crippen molar-refractivity contribution in [3.05, 3.63) is 28.2 Å². The number of benzene rings is 1. The third kappa shape index (κ3) is 1.81. The van der Waals surface area contributed by atoms with Gasteiger partial charge in [-0.05, 0) is 42.9 Å². The number of methoxy groups -OCH3 is 1. The Hall–Kier alpha value is -0.830. The minimum Gasteiger partial charge on any atom is -0.496 e. The maximum atomic E-state index is 12.5. The summed E-state index contributed by atoms with van der Waals surface area (Å²) in [6.45, 7) is 0. The number of fused-ring (bicyclic) bond motifs is 1. The van der Waals surface area contributed by atoms with E-state index in [9.17, 15) is 4.79 Å². The van der Waals surface area contributed by atoms with Crippen LogP contribution in [0.4, 0.5) is 0 Å². The molecule has 0 heterocycles. The van der Waals surface area contributed by atoms with Crippen LogP contribution in [-0.4, -0.2) is 12.9 Å². The molecule has 2 unspecified atom stereocenters. The monoisotopic (exact) mass is 294 g/mol. The van der Waals surface area contributed by atoms with Crippen LogP contribution in [0.1, 0.15) is 29.6 Å². The highest BCUT2D eigenvalue weighted by Gasteiger charge is 2.56. The zero-order valence-electron chi connectivity index (χ0n) is 9.78. The Morgan fingerprint density at radius 3 is 2.71 bits per heavy atom. The van der Waals surface area contributed by atoms with E-state index in [1.807, 2.05) is 18.2 Å². The smallest absolute Gasteiger partial charge is 0.170 e. The number of carbonyl (C=O) groups is 1. The van der Waals surface area contributed by atoms with Crippen LogP contribution in [0, 0.1) is 17.8 Å². The van der Waals surface area contributed by atoms with Crippen molar-refractivity contribution in [3.63, 3.8) is 0 Å². The molecule has 0 aliphatic heterocycles. The Kier molecular flexibility index (Phi) is 2.74. The lowest BCUT2D eigenvalue weighted by molar-refractivity contribution is 0.0948. The standard InChI is InChI=1S/C14H15BrO2/c1-17-12-6-5-8(15)7-11(12)14(16)13-9-3-2-4-10(9)13/h5-7,9-10,13H,2-4H2,1H3. The van der Waals surface area contributed by atoms with Gasteiger partial charge in [0.1, 0.15) is 5.75 Å². The molecule has 17 heavy (non-hydrogen) atoms. The van der Waals surface area contributed by atoms with Gasteiger partial charge in [0.15, 0.2) is 5.78 Å². The molecule has 2 saturated carbocycles. The van der Waals surface area contributed by atoms with Crippen molar-refractivity contribution in [1.29, 1.82) is 0 Å². The van der Waals surface area contributed by atoms with E-state index in [0.717, 1.165) is 10.0 Å². The van der Waals surface area contributed by atoms with Crippen molar-refractivity contribution in [2.75, 3.05) is 7.11 Å². The highest BCUT2D eigenvalue weighted by molar-refractivity contribution is 9.10. The van der Waals surface area contributed by atoms with E-state index in [-0.39, 0.29) is 11.7 Å². The number of rotatable bonds is 3. The first-order valence-corrected chi connectivity index (χ1v) is 6.89. The molecule has 90 valence electrons. The summed E-state index contributed by atoms with van der Waals surface area (Å²) in [5.74, 6) is 2.56. The van der Waals surface area contributed by atoms with E-state index < -0.39 is 0 Å². The highest BCUT2D eigenvalue weighted by Crippen LogP contribution is 2.58. The summed E-state index contributed by atoms with van der Waals surface area (Å²) in [6.07, 6.45) is 3.77. The lowest BCUT2D eigenvalue weighted by atomic mass is 10.0. The summed E-state index contributed by atoms with van der Waals surface area (Å²) in [5, 5.41) is 0. The first-order valence-electron chi connectivity index (χ1n) is 6.10. The number of hydrogen-bond donors (Lipinski definition) is 0. The Labute approximate surface area is 109 Å². The number of hydrogen-bond acceptors (Lipinski definition) is 2. The second-order valence-electron chi connectivity index (χ2n) is 4.99. The largest absolute Gasteiger partial charge is 0.496 e. The van der Waals surface area contributed by atoms with Crippen LogP contribution in [0.3, 0.4) is 0 Å². The first-order chi connectivity index (χ1) is 8.22. The van der Waals surface area contributed by atoms with Crippen LogP contribution < -0.4 is 4.74 Å². The predicted molar refractivity (Wildman–Crippen MR) is 69.3 cm³/mol. The van der Waals surface area contributed by atoms with Crippen LogP contribution in [0.5, 0.6) is 5.75 Å². The average molecular weight is 295 g/mol. The van der Waals surface area contributed by atoms with Crippen LogP contribution in [0.15, 0.2) is 22.7 Å². The molecule has 0 radical (unpaired) electrons. The van der Waals surface area contributed by atoms with Gasteiger partial charge in [0.2, 0.25) is 0 Å². The molecule has 0 saturated heterocycles. The van der Waals surface area contributed by atoms with Gasteiger partial charge in [-0.1, -0.05) is 22.4 Å². The van der Waals surface area contributed by atoms with Crippen molar-refractivity contribution >= 4 is 21.7 Å². The Morgan fingerprint density at radius 2 is 2.06 bits per heavy atom. The number of halogens is 1. The van der Waals surface area contributed by atoms with E-state index in [1.54, 1.807) is 7.11 Å². The fraction of sp³-hybridized carbons (Fsp3) is 0.500. The molecule has 2 atom stereocenters. The van der Waals surface area contributed by atoms with Crippen LogP contribution in [-0.2, 0) is 0 Å². The number of carbonyl (C=O) groups excluding carboxylic acids is 1. The topological polar surface area (TPSA) is 26.3 Å². The molecule has 0 amide bonds. The minimum atomic E-state index is 0.270. The number of Topliss-reactive ketones (excluding diaryl/α,β-unsaturated/α-hetero) is 1. The third-order valence-electron chi connectivity index (χ3n) is 4.14. The molecule has 3 heteroatoms. The Morgan fingerprint density at radius 1 is 1.35 bits per heavy atom. The summed E-state index contributed by atoms with van der Waals surface area (Å²) in [5.41, 5.74) is 0.737. The van der Waals surface area contributed by atoms with Crippen molar-refractivity contribution in [1.82, 2.24) is 0 Å². The van der Waals surface area contributed by atoms with Gasteiger partial charge in [-0.25, -0.2) is 0 Å². The zero-order chi connectivity index (χ0) is 12.0. The van der Waals surface area contributed by atoms with Crippen LogP contribution >= 0.6 is 15.9 Å². The molecular weight excluding hydrogens is 280 g/mol. The molecule has 2 nitrogen and oxygen atoms in total. The molecule has 2 fully saturated rings. The van der Waals surface area contributed by atoms with E-state index in [0.29, 0.717) is 17.6 Å². The average Bonchev–Trinajstić information content (AvgIpc) is 2.81. The van der Waals surface area contributed by atoms with Crippen molar-refractivity contribution in [3.8, 4) is 5.75 Å². The van der Waals surface area contributed by atoms with Crippen molar-refractivity contribution < 1.29 is 9.53 Å². The summed E-state index contributed by atoms with van der Waals surface area (Å²) >= 11 is 3.42. The molecule has 1 aromatic carbocycles. The van der Waals surface area contributed by atoms with E-state index in [1.165, 1.54) is 19.3 Å². The number of ketones is 1. The van der Waals surface area contributed by atoms with Crippen molar-refractivity contribution in [2.45, 2.75) is 19.3 Å². The normalized spacial score (nSPS) is 29.9. The summed E-state index contributed by atoms with van der Waals surface area (Å²) in [7, 11) is 1.62. The molecule has 0 bridgehead atoms. The quantitative estimate of drug-likeness (QED) is 0.795. The van der Waals surface area contributed by atoms with E-state index in [4.69, 9.17) is 4.74 Å².